The standard InChI is InChI=1S/C26H28N2O4/c1-31-23-14-13-19(17-24(23)32-2)15-16-27-25(29)26(30)28-18-22(20-9-5-3-6-10-20)21-11-7-4-8-12-21/h3-14,17,22H,15-16,18H2,1-2H3,(H,27,29)(H,28,30). The predicted molar refractivity (Wildman–Crippen MR) is 124 cm³/mol. The third kappa shape index (κ3) is 6.11. The number of nitrogens with one attached hydrogen (secondary N) is 2. The second-order valence-corrected chi connectivity index (χ2v) is 7.28. The molecule has 3 rings (SSSR count). The Bertz CT molecular complexity index is 983. The Balaban J connectivity index is 1.54. The highest BCUT2D eigenvalue weighted by Crippen LogP contribution is 2.27. The molecule has 2 amide bonds. The minimum absolute atomic E-state index is 0.0408. The lowest BCUT2D eigenvalue weighted by Gasteiger charge is -2.18. The van der Waals surface area contributed by atoms with Gasteiger partial charge in [0.15, 0.2) is 11.5 Å². The molecule has 32 heavy (non-hydrogen) atoms. The third-order valence-electron chi connectivity index (χ3n) is 5.22. The van der Waals surface area contributed by atoms with Crippen LogP contribution >= 0.6 is 0 Å². The van der Waals surface area contributed by atoms with E-state index in [1.54, 1.807) is 14.2 Å². The average molecular weight is 433 g/mol. The molecule has 0 unspecified atom stereocenters. The summed E-state index contributed by atoms with van der Waals surface area (Å²) in [6, 6.07) is 25.4. The minimum atomic E-state index is -0.648. The number of methoxy groups -OCH3 is 2. The summed E-state index contributed by atoms with van der Waals surface area (Å²) in [6.45, 7) is 0.665. The molecule has 0 spiro atoms. The highest BCUT2D eigenvalue weighted by atomic mass is 16.5. The minimum Gasteiger partial charge on any atom is -0.493 e. The smallest absolute Gasteiger partial charge is 0.309 e. The third-order valence-corrected chi connectivity index (χ3v) is 5.22. The van der Waals surface area contributed by atoms with Gasteiger partial charge in [0, 0.05) is 19.0 Å². The van der Waals surface area contributed by atoms with Crippen molar-refractivity contribution in [2.24, 2.45) is 0 Å². The largest absolute Gasteiger partial charge is 0.493 e. The summed E-state index contributed by atoms with van der Waals surface area (Å²) < 4.78 is 10.5. The summed E-state index contributed by atoms with van der Waals surface area (Å²) in [6.07, 6.45) is 0.566. The molecular weight excluding hydrogens is 404 g/mol. The van der Waals surface area contributed by atoms with Crippen LogP contribution in [0.1, 0.15) is 22.6 Å². The highest BCUT2D eigenvalue weighted by molar-refractivity contribution is 6.35. The van der Waals surface area contributed by atoms with Crippen molar-refractivity contribution in [1.29, 1.82) is 0 Å². The van der Waals surface area contributed by atoms with Crippen LogP contribution in [0.25, 0.3) is 0 Å². The van der Waals surface area contributed by atoms with Crippen LogP contribution < -0.4 is 20.1 Å². The molecule has 0 saturated heterocycles. The normalized spacial score (nSPS) is 10.5. The van der Waals surface area contributed by atoms with Crippen LogP contribution in [0.2, 0.25) is 0 Å². The first-order chi connectivity index (χ1) is 15.6. The van der Waals surface area contributed by atoms with Gasteiger partial charge in [0.1, 0.15) is 0 Å². The molecule has 0 aliphatic heterocycles. The molecule has 6 nitrogen and oxygen atoms in total. The number of hydrogen-bond acceptors (Lipinski definition) is 4. The number of amides is 2. The van der Waals surface area contributed by atoms with Gasteiger partial charge in [-0.3, -0.25) is 9.59 Å². The lowest BCUT2D eigenvalue weighted by atomic mass is 9.91. The van der Waals surface area contributed by atoms with Crippen LogP contribution in [0.15, 0.2) is 78.9 Å². The van der Waals surface area contributed by atoms with Crippen molar-refractivity contribution >= 4 is 11.8 Å². The van der Waals surface area contributed by atoms with Crippen LogP contribution in [0, 0.1) is 0 Å². The lowest BCUT2D eigenvalue weighted by molar-refractivity contribution is -0.139. The second-order valence-electron chi connectivity index (χ2n) is 7.28. The van der Waals surface area contributed by atoms with Gasteiger partial charge in [-0.1, -0.05) is 66.7 Å². The molecular formula is C26H28N2O4. The molecule has 0 fully saturated rings. The summed E-state index contributed by atoms with van der Waals surface area (Å²) in [7, 11) is 3.16. The zero-order valence-electron chi connectivity index (χ0n) is 18.3. The molecule has 0 heterocycles. The number of benzene rings is 3. The van der Waals surface area contributed by atoms with Crippen molar-refractivity contribution in [2.75, 3.05) is 27.3 Å². The molecule has 0 bridgehead atoms. The van der Waals surface area contributed by atoms with Crippen molar-refractivity contribution in [3.8, 4) is 11.5 Å². The van der Waals surface area contributed by atoms with E-state index in [0.29, 0.717) is 31.0 Å². The number of ether oxygens (including phenoxy) is 2. The van der Waals surface area contributed by atoms with Gasteiger partial charge >= 0.3 is 11.8 Å². The monoisotopic (exact) mass is 432 g/mol. The first-order valence-electron chi connectivity index (χ1n) is 10.5. The van der Waals surface area contributed by atoms with E-state index in [1.807, 2.05) is 78.9 Å². The van der Waals surface area contributed by atoms with Gasteiger partial charge < -0.3 is 20.1 Å². The number of carbonyl (C=O) groups is 2. The average Bonchev–Trinajstić information content (AvgIpc) is 2.85. The zero-order valence-corrected chi connectivity index (χ0v) is 18.3. The molecule has 0 aromatic heterocycles. The summed E-state index contributed by atoms with van der Waals surface area (Å²) in [5, 5.41) is 5.45. The Morgan fingerprint density at radius 2 is 1.31 bits per heavy atom. The fourth-order valence-electron chi connectivity index (χ4n) is 3.51. The maximum absolute atomic E-state index is 12.4. The van der Waals surface area contributed by atoms with Crippen molar-refractivity contribution in [3.05, 3.63) is 95.6 Å². The molecule has 166 valence electrons. The van der Waals surface area contributed by atoms with Gasteiger partial charge in [0.2, 0.25) is 0 Å². The van der Waals surface area contributed by atoms with E-state index >= 15 is 0 Å². The van der Waals surface area contributed by atoms with E-state index in [4.69, 9.17) is 9.47 Å². The summed E-state index contributed by atoms with van der Waals surface area (Å²) >= 11 is 0. The molecule has 6 heteroatoms. The Morgan fingerprint density at radius 3 is 1.88 bits per heavy atom. The lowest BCUT2D eigenvalue weighted by Crippen LogP contribution is -2.42. The zero-order chi connectivity index (χ0) is 22.8. The van der Waals surface area contributed by atoms with Crippen LogP contribution in [-0.2, 0) is 16.0 Å². The first-order valence-corrected chi connectivity index (χ1v) is 10.5. The highest BCUT2D eigenvalue weighted by Gasteiger charge is 2.18. The first kappa shape index (κ1) is 22.9. The molecule has 2 N–H and O–H groups in total. The molecule has 0 aliphatic rings. The van der Waals surface area contributed by atoms with E-state index in [9.17, 15) is 9.59 Å². The summed E-state index contributed by atoms with van der Waals surface area (Å²) in [5.41, 5.74) is 3.12. The molecule has 0 saturated carbocycles. The van der Waals surface area contributed by atoms with Gasteiger partial charge in [-0.25, -0.2) is 0 Å². The van der Waals surface area contributed by atoms with Crippen molar-refractivity contribution < 1.29 is 19.1 Å². The second kappa shape index (κ2) is 11.6. The Labute approximate surface area is 188 Å². The molecule has 3 aromatic rings. The van der Waals surface area contributed by atoms with Gasteiger partial charge in [0.05, 0.1) is 14.2 Å². The molecule has 3 aromatic carbocycles. The number of rotatable bonds is 9. The SMILES string of the molecule is COc1ccc(CCNC(=O)C(=O)NCC(c2ccccc2)c2ccccc2)cc1OC. The molecule has 0 aliphatic carbocycles. The van der Waals surface area contributed by atoms with Crippen LogP contribution in [0.5, 0.6) is 11.5 Å². The summed E-state index contributed by atoms with van der Waals surface area (Å²) in [5.74, 6) is -0.0616. The molecule has 0 atom stereocenters. The van der Waals surface area contributed by atoms with Gasteiger partial charge in [-0.2, -0.15) is 0 Å². The van der Waals surface area contributed by atoms with Crippen molar-refractivity contribution in [1.82, 2.24) is 10.6 Å². The van der Waals surface area contributed by atoms with Crippen molar-refractivity contribution in [3.63, 3.8) is 0 Å². The maximum Gasteiger partial charge on any atom is 0.309 e. The van der Waals surface area contributed by atoms with E-state index in [2.05, 4.69) is 10.6 Å². The van der Waals surface area contributed by atoms with Gasteiger partial charge in [0.25, 0.3) is 0 Å². The Morgan fingerprint density at radius 1 is 0.750 bits per heavy atom. The fraction of sp³-hybridized carbons (Fsp3) is 0.231. The van der Waals surface area contributed by atoms with Crippen molar-refractivity contribution in [2.45, 2.75) is 12.3 Å². The van der Waals surface area contributed by atoms with E-state index in [-0.39, 0.29) is 5.92 Å². The fourth-order valence-corrected chi connectivity index (χ4v) is 3.51. The Hall–Kier alpha value is -3.80. The predicted octanol–water partition coefficient (Wildman–Crippen LogP) is 3.31. The Kier molecular flexibility index (Phi) is 8.26. The number of hydrogen-bond donors (Lipinski definition) is 2. The van der Waals surface area contributed by atoms with Gasteiger partial charge in [-0.15, -0.1) is 0 Å². The quantitative estimate of drug-likeness (QED) is 0.509. The van der Waals surface area contributed by atoms with E-state index in [0.717, 1.165) is 16.7 Å². The van der Waals surface area contributed by atoms with Crippen LogP contribution in [0.3, 0.4) is 0 Å². The summed E-state index contributed by atoms with van der Waals surface area (Å²) in [4.78, 5) is 24.7. The van der Waals surface area contributed by atoms with Gasteiger partial charge in [-0.05, 0) is 35.2 Å². The van der Waals surface area contributed by atoms with E-state index < -0.39 is 11.8 Å². The van der Waals surface area contributed by atoms with Crippen LogP contribution in [-0.4, -0.2) is 39.1 Å². The number of carbonyl (C=O) groups excluding carboxylic acids is 2. The molecule has 0 radical (unpaired) electrons. The topological polar surface area (TPSA) is 76.7 Å². The maximum atomic E-state index is 12.4. The van der Waals surface area contributed by atoms with Crippen LogP contribution in [0.4, 0.5) is 0 Å². The van der Waals surface area contributed by atoms with E-state index in [1.165, 1.54) is 0 Å².